The van der Waals surface area contributed by atoms with Crippen molar-refractivity contribution in [3.63, 3.8) is 0 Å². The highest BCUT2D eigenvalue weighted by Crippen LogP contribution is 2.09. The summed E-state index contributed by atoms with van der Waals surface area (Å²) in [4.78, 5) is 12.0. The third-order valence-electron chi connectivity index (χ3n) is 2.64. The summed E-state index contributed by atoms with van der Waals surface area (Å²) in [6.45, 7) is 2.51. The van der Waals surface area contributed by atoms with Crippen LogP contribution in [0.25, 0.3) is 0 Å². The van der Waals surface area contributed by atoms with Gasteiger partial charge in [0.1, 0.15) is 0 Å². The highest BCUT2D eigenvalue weighted by molar-refractivity contribution is 5.95. The summed E-state index contributed by atoms with van der Waals surface area (Å²) in [6, 6.07) is 9.49. The van der Waals surface area contributed by atoms with Gasteiger partial charge < -0.3 is 5.32 Å². The molecule has 0 fully saturated rings. The molecule has 1 heterocycles. The average Bonchev–Trinajstić information content (AvgIpc) is 2.89. The van der Waals surface area contributed by atoms with Crippen molar-refractivity contribution < 1.29 is 4.79 Å². The molecule has 2 aromatic rings. The number of H-pyrrole nitrogens is 1. The lowest BCUT2D eigenvalue weighted by Crippen LogP contribution is -2.24. The van der Waals surface area contributed by atoms with E-state index in [4.69, 9.17) is 0 Å². The Hall–Kier alpha value is -2.10. The van der Waals surface area contributed by atoms with Crippen molar-refractivity contribution in [1.82, 2.24) is 15.5 Å². The number of hydrogen-bond donors (Lipinski definition) is 2. The number of carbonyl (C=O) groups is 1. The lowest BCUT2D eigenvalue weighted by Gasteiger charge is -2.07. The second-order valence-electron chi connectivity index (χ2n) is 3.78. The van der Waals surface area contributed by atoms with Crippen LogP contribution in [0.15, 0.2) is 36.5 Å². The summed E-state index contributed by atoms with van der Waals surface area (Å²) in [5.41, 5.74) is 2.71. The van der Waals surface area contributed by atoms with Crippen LogP contribution < -0.4 is 5.32 Å². The number of hydrogen-bond acceptors (Lipinski definition) is 2. The SMILES string of the molecule is CCc1ccccc1C(=O)NCc1ccn[nH]1. The number of aryl methyl sites for hydroxylation is 1. The van der Waals surface area contributed by atoms with Gasteiger partial charge in [0, 0.05) is 11.8 Å². The molecule has 1 amide bonds. The summed E-state index contributed by atoms with van der Waals surface area (Å²) >= 11 is 0. The predicted molar refractivity (Wildman–Crippen MR) is 65.6 cm³/mol. The second kappa shape index (κ2) is 5.30. The zero-order chi connectivity index (χ0) is 12.1. The maximum Gasteiger partial charge on any atom is 0.251 e. The van der Waals surface area contributed by atoms with Gasteiger partial charge in [0.25, 0.3) is 5.91 Å². The summed E-state index contributed by atoms with van der Waals surface area (Å²) in [5, 5.41) is 9.50. The van der Waals surface area contributed by atoms with Crippen molar-refractivity contribution in [2.75, 3.05) is 0 Å². The molecule has 0 radical (unpaired) electrons. The van der Waals surface area contributed by atoms with E-state index in [1.165, 1.54) is 0 Å². The number of aromatic nitrogens is 2. The molecule has 0 aliphatic rings. The van der Waals surface area contributed by atoms with Crippen molar-refractivity contribution in [3.05, 3.63) is 53.3 Å². The number of nitrogens with zero attached hydrogens (tertiary/aromatic N) is 1. The standard InChI is InChI=1S/C13H15N3O/c1-2-10-5-3-4-6-12(10)13(17)14-9-11-7-8-15-16-11/h3-8H,2,9H2,1H3,(H,14,17)(H,15,16). The number of benzene rings is 1. The molecule has 0 unspecified atom stereocenters. The second-order valence-corrected chi connectivity index (χ2v) is 3.78. The normalized spacial score (nSPS) is 10.2. The molecule has 0 saturated carbocycles. The van der Waals surface area contributed by atoms with E-state index in [0.717, 1.165) is 23.2 Å². The van der Waals surface area contributed by atoms with Gasteiger partial charge in [0.05, 0.1) is 12.2 Å². The first-order valence-electron chi connectivity index (χ1n) is 5.65. The Labute approximate surface area is 100 Å². The Morgan fingerprint density at radius 2 is 2.18 bits per heavy atom. The van der Waals surface area contributed by atoms with E-state index in [1.54, 1.807) is 6.20 Å². The first-order chi connectivity index (χ1) is 8.31. The highest BCUT2D eigenvalue weighted by atomic mass is 16.1. The minimum atomic E-state index is -0.0444. The number of nitrogens with one attached hydrogen (secondary N) is 2. The van der Waals surface area contributed by atoms with Crippen molar-refractivity contribution >= 4 is 5.91 Å². The van der Waals surface area contributed by atoms with Crippen molar-refractivity contribution in [2.24, 2.45) is 0 Å². The molecule has 17 heavy (non-hydrogen) atoms. The summed E-state index contributed by atoms with van der Waals surface area (Å²) < 4.78 is 0. The predicted octanol–water partition coefficient (Wildman–Crippen LogP) is 1.90. The fourth-order valence-electron chi connectivity index (χ4n) is 1.70. The molecular weight excluding hydrogens is 214 g/mol. The highest BCUT2D eigenvalue weighted by Gasteiger charge is 2.09. The Bertz CT molecular complexity index is 491. The fraction of sp³-hybridized carbons (Fsp3) is 0.231. The van der Waals surface area contributed by atoms with E-state index in [9.17, 15) is 4.79 Å². The maximum absolute atomic E-state index is 12.0. The largest absolute Gasteiger partial charge is 0.346 e. The molecule has 1 aromatic heterocycles. The maximum atomic E-state index is 12.0. The smallest absolute Gasteiger partial charge is 0.251 e. The summed E-state index contributed by atoms with van der Waals surface area (Å²) in [5.74, 6) is -0.0444. The molecule has 0 spiro atoms. The van der Waals surface area contributed by atoms with Crippen LogP contribution in [0.2, 0.25) is 0 Å². The van der Waals surface area contributed by atoms with Crippen LogP contribution in [0.3, 0.4) is 0 Å². The van der Waals surface area contributed by atoms with Crippen LogP contribution in [0, 0.1) is 0 Å². The molecular formula is C13H15N3O. The molecule has 4 heteroatoms. The zero-order valence-electron chi connectivity index (χ0n) is 9.73. The zero-order valence-corrected chi connectivity index (χ0v) is 9.73. The number of amides is 1. The van der Waals surface area contributed by atoms with E-state index >= 15 is 0 Å². The van der Waals surface area contributed by atoms with Gasteiger partial charge >= 0.3 is 0 Å². The van der Waals surface area contributed by atoms with Gasteiger partial charge in [-0.1, -0.05) is 25.1 Å². The third kappa shape index (κ3) is 2.72. The Kier molecular flexibility index (Phi) is 3.55. The fourth-order valence-corrected chi connectivity index (χ4v) is 1.70. The molecule has 0 aliphatic heterocycles. The van der Waals surface area contributed by atoms with Gasteiger partial charge in [0.15, 0.2) is 0 Å². The van der Waals surface area contributed by atoms with Crippen LogP contribution >= 0.6 is 0 Å². The molecule has 0 aliphatic carbocycles. The van der Waals surface area contributed by atoms with E-state index in [2.05, 4.69) is 15.5 Å². The van der Waals surface area contributed by atoms with Gasteiger partial charge in [-0.3, -0.25) is 9.89 Å². The van der Waals surface area contributed by atoms with E-state index < -0.39 is 0 Å². The van der Waals surface area contributed by atoms with Crippen molar-refractivity contribution in [2.45, 2.75) is 19.9 Å². The van der Waals surface area contributed by atoms with Gasteiger partial charge in [-0.15, -0.1) is 0 Å². The topological polar surface area (TPSA) is 57.8 Å². The third-order valence-corrected chi connectivity index (χ3v) is 2.64. The van der Waals surface area contributed by atoms with Crippen molar-refractivity contribution in [3.8, 4) is 0 Å². The van der Waals surface area contributed by atoms with Gasteiger partial charge in [-0.25, -0.2) is 0 Å². The Morgan fingerprint density at radius 1 is 1.35 bits per heavy atom. The van der Waals surface area contributed by atoms with Gasteiger partial charge in [-0.2, -0.15) is 5.10 Å². The Morgan fingerprint density at radius 3 is 2.88 bits per heavy atom. The summed E-state index contributed by atoms with van der Waals surface area (Å²) in [6.07, 6.45) is 2.52. The van der Waals surface area contributed by atoms with Crippen LogP contribution in [-0.2, 0) is 13.0 Å². The first kappa shape index (κ1) is 11.4. The monoisotopic (exact) mass is 229 g/mol. The van der Waals surface area contributed by atoms with Crippen LogP contribution in [0.1, 0.15) is 28.5 Å². The molecule has 88 valence electrons. The lowest BCUT2D eigenvalue weighted by atomic mass is 10.0. The molecule has 4 nitrogen and oxygen atoms in total. The number of carbonyl (C=O) groups excluding carboxylic acids is 1. The lowest BCUT2D eigenvalue weighted by molar-refractivity contribution is 0.0949. The molecule has 1 aromatic carbocycles. The Balaban J connectivity index is 2.04. The number of aromatic amines is 1. The van der Waals surface area contributed by atoms with E-state index in [1.807, 2.05) is 37.3 Å². The van der Waals surface area contributed by atoms with Crippen molar-refractivity contribution in [1.29, 1.82) is 0 Å². The minimum absolute atomic E-state index is 0.0444. The van der Waals surface area contributed by atoms with Crippen LogP contribution in [-0.4, -0.2) is 16.1 Å². The first-order valence-corrected chi connectivity index (χ1v) is 5.65. The van der Waals surface area contributed by atoms with Gasteiger partial charge in [0.2, 0.25) is 0 Å². The van der Waals surface area contributed by atoms with Gasteiger partial charge in [-0.05, 0) is 24.1 Å². The number of rotatable bonds is 4. The quantitative estimate of drug-likeness (QED) is 0.841. The molecule has 0 saturated heterocycles. The van der Waals surface area contributed by atoms with E-state index in [-0.39, 0.29) is 5.91 Å². The minimum Gasteiger partial charge on any atom is -0.346 e. The van der Waals surface area contributed by atoms with E-state index in [0.29, 0.717) is 6.54 Å². The molecule has 0 atom stereocenters. The van der Waals surface area contributed by atoms with Crippen LogP contribution in [0.5, 0.6) is 0 Å². The molecule has 0 bridgehead atoms. The molecule has 2 N–H and O–H groups in total. The summed E-state index contributed by atoms with van der Waals surface area (Å²) in [7, 11) is 0. The van der Waals surface area contributed by atoms with Crippen LogP contribution in [0.4, 0.5) is 0 Å². The molecule has 2 rings (SSSR count). The average molecular weight is 229 g/mol.